The van der Waals surface area contributed by atoms with Crippen molar-refractivity contribution in [1.29, 1.82) is 0 Å². The molecule has 9 heteroatoms. The molecule has 5 nitrogen and oxygen atoms in total. The van der Waals surface area contributed by atoms with E-state index in [1.54, 1.807) is 19.1 Å². The lowest BCUT2D eigenvalue weighted by molar-refractivity contribution is -0.137. The summed E-state index contributed by atoms with van der Waals surface area (Å²) in [5.74, 6) is 0.218. The number of nitrogens with zero attached hydrogens (tertiary/aromatic N) is 1. The van der Waals surface area contributed by atoms with Crippen LogP contribution in [0.4, 0.5) is 13.2 Å². The lowest BCUT2D eigenvalue weighted by Gasteiger charge is -2.14. The molecule has 0 saturated heterocycles. The van der Waals surface area contributed by atoms with Crippen molar-refractivity contribution in [2.45, 2.75) is 33.1 Å². The van der Waals surface area contributed by atoms with E-state index in [1.807, 2.05) is 38.1 Å². The van der Waals surface area contributed by atoms with Crippen LogP contribution in [0.3, 0.4) is 0 Å². The predicted molar refractivity (Wildman–Crippen MR) is 136 cm³/mol. The van der Waals surface area contributed by atoms with Crippen LogP contribution in [0.2, 0.25) is 0 Å². The minimum absolute atomic E-state index is 0.00829. The zero-order valence-corrected chi connectivity index (χ0v) is 21.3. The number of esters is 1. The molecule has 2 aromatic heterocycles. The molecule has 182 valence electrons. The number of pyridine rings is 1. The maximum absolute atomic E-state index is 13.1. The van der Waals surface area contributed by atoms with Crippen molar-refractivity contribution < 1.29 is 27.4 Å². The Kier molecular flexibility index (Phi) is 7.07. The van der Waals surface area contributed by atoms with Crippen LogP contribution in [0, 0.1) is 3.57 Å². The SMILES string of the molecule is CCOC(=O)c1[nH]c2ccc(-c3ccc(C(F)(F)F)cn3)c(-c3ccc(OC(C)C)cc3)c2c1I. The van der Waals surface area contributed by atoms with Crippen LogP contribution in [-0.4, -0.2) is 28.6 Å². The highest BCUT2D eigenvalue weighted by molar-refractivity contribution is 14.1. The minimum Gasteiger partial charge on any atom is -0.491 e. The van der Waals surface area contributed by atoms with Crippen LogP contribution < -0.4 is 4.74 Å². The molecule has 0 aliphatic rings. The summed E-state index contributed by atoms with van der Waals surface area (Å²) in [5, 5.41) is 0.755. The van der Waals surface area contributed by atoms with Crippen molar-refractivity contribution in [1.82, 2.24) is 9.97 Å². The van der Waals surface area contributed by atoms with E-state index < -0.39 is 17.7 Å². The summed E-state index contributed by atoms with van der Waals surface area (Å²) in [5.41, 5.74) is 2.76. The first kappa shape index (κ1) is 25.0. The van der Waals surface area contributed by atoms with Gasteiger partial charge in [0.25, 0.3) is 0 Å². The van der Waals surface area contributed by atoms with Gasteiger partial charge in [0.15, 0.2) is 0 Å². The lowest BCUT2D eigenvalue weighted by atomic mass is 9.93. The van der Waals surface area contributed by atoms with E-state index in [1.165, 1.54) is 6.07 Å². The normalized spacial score (nSPS) is 11.8. The molecule has 0 atom stereocenters. The van der Waals surface area contributed by atoms with Gasteiger partial charge >= 0.3 is 12.1 Å². The summed E-state index contributed by atoms with van der Waals surface area (Å²) >= 11 is 2.09. The number of H-pyrrole nitrogens is 1. The predicted octanol–water partition coefficient (Wildman–Crippen LogP) is 7.48. The number of aromatic nitrogens is 2. The highest BCUT2D eigenvalue weighted by atomic mass is 127. The molecule has 0 amide bonds. The second-order valence-corrected chi connectivity index (χ2v) is 9.14. The Morgan fingerprint density at radius 1 is 1.09 bits per heavy atom. The fourth-order valence-electron chi connectivity index (χ4n) is 3.80. The van der Waals surface area contributed by atoms with Gasteiger partial charge in [0.2, 0.25) is 0 Å². The van der Waals surface area contributed by atoms with Gasteiger partial charge in [-0.1, -0.05) is 18.2 Å². The maximum atomic E-state index is 13.1. The number of hydrogen-bond donors (Lipinski definition) is 1. The molecular formula is C26H22F3IN2O3. The van der Waals surface area contributed by atoms with Gasteiger partial charge in [0.05, 0.1) is 27.5 Å². The average molecular weight is 594 g/mol. The first-order valence-corrected chi connectivity index (χ1v) is 12.0. The van der Waals surface area contributed by atoms with E-state index in [9.17, 15) is 18.0 Å². The van der Waals surface area contributed by atoms with Crippen LogP contribution in [0.5, 0.6) is 5.75 Å². The Balaban J connectivity index is 1.94. The van der Waals surface area contributed by atoms with E-state index >= 15 is 0 Å². The summed E-state index contributed by atoms with van der Waals surface area (Å²) in [4.78, 5) is 19.8. The second kappa shape index (κ2) is 9.88. The summed E-state index contributed by atoms with van der Waals surface area (Å²) in [7, 11) is 0. The molecule has 0 aliphatic carbocycles. The fourth-order valence-corrected chi connectivity index (χ4v) is 4.72. The average Bonchev–Trinajstić information content (AvgIpc) is 3.15. The smallest absolute Gasteiger partial charge is 0.417 e. The second-order valence-electron chi connectivity index (χ2n) is 8.07. The van der Waals surface area contributed by atoms with Gasteiger partial charge in [0.1, 0.15) is 11.4 Å². The maximum Gasteiger partial charge on any atom is 0.417 e. The van der Waals surface area contributed by atoms with Crippen LogP contribution >= 0.6 is 22.6 Å². The number of hydrogen-bond acceptors (Lipinski definition) is 4. The number of nitrogens with one attached hydrogen (secondary N) is 1. The molecule has 0 unspecified atom stereocenters. The lowest BCUT2D eigenvalue weighted by Crippen LogP contribution is -2.06. The molecule has 4 aromatic rings. The fraction of sp³-hybridized carbons (Fsp3) is 0.231. The zero-order chi connectivity index (χ0) is 25.3. The summed E-state index contributed by atoms with van der Waals surface area (Å²) in [6.07, 6.45) is -3.64. The Morgan fingerprint density at radius 2 is 1.80 bits per heavy atom. The molecule has 4 rings (SSSR count). The van der Waals surface area contributed by atoms with Crippen LogP contribution in [0.25, 0.3) is 33.3 Å². The van der Waals surface area contributed by atoms with Crippen LogP contribution in [0.1, 0.15) is 36.8 Å². The molecule has 35 heavy (non-hydrogen) atoms. The molecule has 0 aliphatic heterocycles. The van der Waals surface area contributed by atoms with Crippen molar-refractivity contribution in [3.63, 3.8) is 0 Å². The molecule has 0 spiro atoms. The van der Waals surface area contributed by atoms with Gasteiger partial charge in [-0.3, -0.25) is 4.98 Å². The topological polar surface area (TPSA) is 64.2 Å². The third-order valence-electron chi connectivity index (χ3n) is 5.27. The zero-order valence-electron chi connectivity index (χ0n) is 19.2. The number of ether oxygens (including phenoxy) is 2. The standard InChI is InChI=1S/C26H22F3IN2O3/c1-4-34-25(33)24-23(30)22-20(32-24)12-10-18(19-11-7-16(13-31-19)26(27,28)29)21(22)15-5-8-17(9-6-15)35-14(2)3/h5-14,32H,4H2,1-3H3. The van der Waals surface area contributed by atoms with E-state index in [4.69, 9.17) is 9.47 Å². The molecular weight excluding hydrogens is 572 g/mol. The number of alkyl halides is 3. The van der Waals surface area contributed by atoms with Gasteiger partial charge in [-0.05, 0) is 79.3 Å². The van der Waals surface area contributed by atoms with E-state index in [2.05, 4.69) is 32.6 Å². The Hall–Kier alpha value is -3.08. The monoisotopic (exact) mass is 594 g/mol. The van der Waals surface area contributed by atoms with Crippen molar-refractivity contribution in [2.24, 2.45) is 0 Å². The third-order valence-corrected chi connectivity index (χ3v) is 6.34. The molecule has 0 saturated carbocycles. The van der Waals surface area contributed by atoms with Crippen LogP contribution in [-0.2, 0) is 10.9 Å². The van der Waals surface area contributed by atoms with Gasteiger partial charge in [-0.25, -0.2) is 4.79 Å². The highest BCUT2D eigenvalue weighted by Gasteiger charge is 2.31. The van der Waals surface area contributed by atoms with Crippen molar-refractivity contribution in [2.75, 3.05) is 6.61 Å². The Labute approximate surface area is 213 Å². The molecule has 0 fully saturated rings. The van der Waals surface area contributed by atoms with E-state index in [-0.39, 0.29) is 12.7 Å². The van der Waals surface area contributed by atoms with Crippen molar-refractivity contribution in [3.05, 3.63) is 69.6 Å². The molecule has 1 N–H and O–H groups in total. The molecule has 2 heterocycles. The van der Waals surface area contributed by atoms with Crippen molar-refractivity contribution >= 4 is 39.5 Å². The molecule has 2 aromatic carbocycles. The molecule has 0 bridgehead atoms. The summed E-state index contributed by atoms with van der Waals surface area (Å²) < 4.78 is 50.9. The Morgan fingerprint density at radius 3 is 2.37 bits per heavy atom. The van der Waals surface area contributed by atoms with Crippen LogP contribution in [0.15, 0.2) is 54.7 Å². The summed E-state index contributed by atoms with van der Waals surface area (Å²) in [6, 6.07) is 13.4. The largest absolute Gasteiger partial charge is 0.491 e. The minimum atomic E-state index is -4.48. The number of aromatic amines is 1. The quantitative estimate of drug-likeness (QED) is 0.186. The number of carbonyl (C=O) groups excluding carboxylic acids is 1. The first-order chi connectivity index (χ1) is 16.6. The van der Waals surface area contributed by atoms with Gasteiger partial charge in [0, 0.05) is 28.2 Å². The van der Waals surface area contributed by atoms with Gasteiger partial charge in [-0.2, -0.15) is 13.2 Å². The van der Waals surface area contributed by atoms with E-state index in [0.717, 1.165) is 28.8 Å². The van der Waals surface area contributed by atoms with Gasteiger partial charge < -0.3 is 14.5 Å². The Bertz CT molecular complexity index is 1360. The van der Waals surface area contributed by atoms with Gasteiger partial charge in [-0.15, -0.1) is 0 Å². The number of rotatable bonds is 6. The highest BCUT2D eigenvalue weighted by Crippen LogP contribution is 2.41. The number of carbonyl (C=O) groups is 1. The molecule has 0 radical (unpaired) electrons. The number of halogens is 4. The number of fused-ring (bicyclic) bond motifs is 1. The number of benzene rings is 2. The summed E-state index contributed by atoms with van der Waals surface area (Å²) in [6.45, 7) is 5.83. The van der Waals surface area contributed by atoms with E-state index in [0.29, 0.717) is 31.8 Å². The first-order valence-electron chi connectivity index (χ1n) is 10.9. The van der Waals surface area contributed by atoms with Crippen molar-refractivity contribution in [3.8, 4) is 28.1 Å². The third kappa shape index (κ3) is 5.14.